The van der Waals surface area contributed by atoms with Crippen molar-refractivity contribution in [2.75, 3.05) is 13.1 Å². The van der Waals surface area contributed by atoms with E-state index in [1.165, 1.54) is 12.2 Å². The number of benzene rings is 1. The van der Waals surface area contributed by atoms with Crippen LogP contribution < -0.4 is 10.1 Å². The average molecular weight is 491 g/mol. The Bertz CT molecular complexity index is 960. The van der Waals surface area contributed by atoms with Crippen molar-refractivity contribution in [1.82, 2.24) is 10.2 Å². The number of imide groups is 1. The molecule has 35 heavy (non-hydrogen) atoms. The summed E-state index contributed by atoms with van der Waals surface area (Å²) in [6.45, 7) is 0.226. The van der Waals surface area contributed by atoms with E-state index in [0.29, 0.717) is 30.7 Å². The topological polar surface area (TPSA) is 163 Å². The monoisotopic (exact) mass is 490 g/mol. The van der Waals surface area contributed by atoms with Gasteiger partial charge in [0.25, 0.3) is 11.8 Å². The number of aliphatic carboxylic acids is 1. The lowest BCUT2D eigenvalue weighted by Gasteiger charge is -2.31. The first-order chi connectivity index (χ1) is 16.8. The van der Waals surface area contributed by atoms with Gasteiger partial charge in [0.15, 0.2) is 6.10 Å². The van der Waals surface area contributed by atoms with E-state index in [1.54, 1.807) is 12.1 Å². The molecule has 3 rings (SSSR count). The number of unbranched alkanes of at least 4 members (excludes halogenated alkanes) is 1. The normalized spacial score (nSPS) is 21.9. The minimum absolute atomic E-state index is 0.00326. The van der Waals surface area contributed by atoms with Gasteiger partial charge in [-0.05, 0) is 37.0 Å². The summed E-state index contributed by atoms with van der Waals surface area (Å²) < 4.78 is 11.1. The van der Waals surface area contributed by atoms with E-state index >= 15 is 0 Å². The summed E-state index contributed by atoms with van der Waals surface area (Å²) in [6, 6.07) is 5.30. The molecule has 0 radical (unpaired) electrons. The highest BCUT2D eigenvalue weighted by Crippen LogP contribution is 2.27. The fourth-order valence-corrected chi connectivity index (χ4v) is 3.90. The minimum Gasteiger partial charge on any atom is -0.479 e. The molecule has 1 aromatic rings. The lowest BCUT2D eigenvalue weighted by Crippen LogP contribution is -2.42. The van der Waals surface area contributed by atoms with Crippen molar-refractivity contribution in [3.8, 4) is 5.75 Å². The number of aryl methyl sites for hydroxylation is 1. The van der Waals surface area contributed by atoms with Crippen LogP contribution in [0.25, 0.3) is 0 Å². The summed E-state index contributed by atoms with van der Waals surface area (Å²) in [5.41, 5.74) is 1.48. The average Bonchev–Trinajstić information content (AvgIpc) is 3.14. The summed E-state index contributed by atoms with van der Waals surface area (Å²) in [4.78, 5) is 47.1. The SMILES string of the molecule is O=C(CCN1C(=O)C=CC1=O)NCCCCc1ccc(OC2CC(O)CC(C(=O)O)O2)c(CO)c1. The molecular formula is C24H30N2O9. The van der Waals surface area contributed by atoms with Crippen LogP contribution in [0.3, 0.4) is 0 Å². The van der Waals surface area contributed by atoms with E-state index in [2.05, 4.69) is 5.32 Å². The van der Waals surface area contributed by atoms with Gasteiger partial charge in [-0.1, -0.05) is 6.07 Å². The maximum atomic E-state index is 11.9. The van der Waals surface area contributed by atoms with E-state index < -0.39 is 36.3 Å². The van der Waals surface area contributed by atoms with E-state index in [0.717, 1.165) is 16.9 Å². The summed E-state index contributed by atoms with van der Waals surface area (Å²) >= 11 is 0. The smallest absolute Gasteiger partial charge is 0.333 e. The Morgan fingerprint density at radius 1 is 1.14 bits per heavy atom. The summed E-state index contributed by atoms with van der Waals surface area (Å²) in [5.74, 6) is -1.86. The number of hydrogen-bond acceptors (Lipinski definition) is 8. The molecule has 1 fully saturated rings. The molecule has 4 N–H and O–H groups in total. The van der Waals surface area contributed by atoms with Crippen LogP contribution in [0.1, 0.15) is 43.2 Å². The molecule has 190 valence electrons. The van der Waals surface area contributed by atoms with Crippen LogP contribution in [-0.2, 0) is 36.9 Å². The third-order valence-corrected chi connectivity index (χ3v) is 5.77. The second-order valence-electron chi connectivity index (χ2n) is 8.45. The standard InChI is InChI=1S/C24H30N2O9/c27-14-16-11-15(4-5-18(16)34-23-13-17(28)12-19(35-23)24(32)33)3-1-2-9-25-20(29)8-10-26-21(30)6-7-22(26)31/h4-7,11,17,19,23,27-28H,1-3,8-10,12-14H2,(H,25,29)(H,32,33). The maximum absolute atomic E-state index is 11.9. The lowest BCUT2D eigenvalue weighted by atomic mass is 10.0. The molecule has 2 heterocycles. The number of aliphatic hydroxyl groups is 2. The van der Waals surface area contributed by atoms with Crippen LogP contribution in [0.15, 0.2) is 30.4 Å². The van der Waals surface area contributed by atoms with E-state index in [4.69, 9.17) is 14.6 Å². The molecule has 3 amide bonds. The molecule has 0 aliphatic carbocycles. The molecule has 2 aliphatic heterocycles. The van der Waals surface area contributed by atoms with Gasteiger partial charge in [0, 0.05) is 50.1 Å². The van der Waals surface area contributed by atoms with Crippen LogP contribution in [-0.4, -0.2) is 75.5 Å². The molecule has 0 aromatic heterocycles. The number of carbonyl (C=O) groups is 4. The first-order valence-corrected chi connectivity index (χ1v) is 11.5. The summed E-state index contributed by atoms with van der Waals surface area (Å²) in [5, 5.41) is 31.5. The molecule has 0 saturated carbocycles. The Morgan fingerprint density at radius 2 is 1.89 bits per heavy atom. The molecule has 11 nitrogen and oxygen atoms in total. The molecule has 3 unspecified atom stereocenters. The van der Waals surface area contributed by atoms with Gasteiger partial charge in [-0.15, -0.1) is 0 Å². The van der Waals surface area contributed by atoms with Crippen molar-refractivity contribution < 1.29 is 44.0 Å². The van der Waals surface area contributed by atoms with Gasteiger partial charge >= 0.3 is 5.97 Å². The zero-order valence-electron chi connectivity index (χ0n) is 19.2. The Kier molecular flexibility index (Phi) is 9.35. The van der Waals surface area contributed by atoms with E-state index in [1.807, 2.05) is 6.07 Å². The van der Waals surface area contributed by atoms with Crippen LogP contribution in [0, 0.1) is 0 Å². The minimum atomic E-state index is -1.17. The van der Waals surface area contributed by atoms with Crippen molar-refractivity contribution in [2.45, 2.75) is 63.6 Å². The number of amides is 3. The van der Waals surface area contributed by atoms with Gasteiger partial charge in [0.2, 0.25) is 12.2 Å². The number of nitrogens with one attached hydrogen (secondary N) is 1. The van der Waals surface area contributed by atoms with Crippen molar-refractivity contribution in [1.29, 1.82) is 0 Å². The Labute approximate surface area is 202 Å². The van der Waals surface area contributed by atoms with Crippen molar-refractivity contribution in [2.24, 2.45) is 0 Å². The number of nitrogens with zero attached hydrogens (tertiary/aromatic N) is 1. The lowest BCUT2D eigenvalue weighted by molar-refractivity contribution is -0.195. The van der Waals surface area contributed by atoms with Gasteiger partial charge in [0.05, 0.1) is 12.7 Å². The van der Waals surface area contributed by atoms with Gasteiger partial charge in [-0.3, -0.25) is 19.3 Å². The third-order valence-electron chi connectivity index (χ3n) is 5.77. The molecule has 3 atom stereocenters. The number of carbonyl (C=O) groups excluding carboxylic acids is 3. The second-order valence-corrected chi connectivity index (χ2v) is 8.45. The first-order valence-electron chi connectivity index (χ1n) is 11.5. The summed E-state index contributed by atoms with van der Waals surface area (Å²) in [6.07, 6.45) is 1.80. The number of rotatable bonds is 12. The zero-order valence-corrected chi connectivity index (χ0v) is 19.2. The van der Waals surface area contributed by atoms with Crippen molar-refractivity contribution >= 4 is 23.7 Å². The van der Waals surface area contributed by atoms with Crippen LogP contribution in [0.5, 0.6) is 5.75 Å². The van der Waals surface area contributed by atoms with Crippen LogP contribution in [0.4, 0.5) is 0 Å². The van der Waals surface area contributed by atoms with Crippen molar-refractivity contribution in [3.05, 3.63) is 41.5 Å². The molecule has 1 saturated heterocycles. The molecular weight excluding hydrogens is 460 g/mol. The fourth-order valence-electron chi connectivity index (χ4n) is 3.90. The highest BCUT2D eigenvalue weighted by molar-refractivity contribution is 6.13. The molecule has 1 aromatic carbocycles. The summed E-state index contributed by atoms with van der Waals surface area (Å²) in [7, 11) is 0. The fraction of sp³-hybridized carbons (Fsp3) is 0.500. The van der Waals surface area contributed by atoms with Gasteiger partial charge in [0.1, 0.15) is 5.75 Å². The zero-order chi connectivity index (χ0) is 25.4. The first kappa shape index (κ1) is 26.3. The number of carboxylic acid groups (broad SMARTS) is 1. The predicted molar refractivity (Wildman–Crippen MR) is 121 cm³/mol. The highest BCUT2D eigenvalue weighted by atomic mass is 16.7. The largest absolute Gasteiger partial charge is 0.479 e. The molecule has 2 aliphatic rings. The van der Waals surface area contributed by atoms with E-state index in [-0.39, 0.29) is 38.3 Å². The second kappa shape index (κ2) is 12.4. The Hall–Kier alpha value is -3.28. The quantitative estimate of drug-likeness (QED) is 0.238. The Morgan fingerprint density at radius 3 is 2.57 bits per heavy atom. The molecule has 0 spiro atoms. The third kappa shape index (κ3) is 7.61. The number of aliphatic hydroxyl groups excluding tert-OH is 2. The molecule has 0 bridgehead atoms. The van der Waals surface area contributed by atoms with Crippen LogP contribution >= 0.6 is 0 Å². The number of carboxylic acids is 1. The molecule has 11 heteroatoms. The Balaban J connectivity index is 1.39. The van der Waals surface area contributed by atoms with Crippen LogP contribution in [0.2, 0.25) is 0 Å². The van der Waals surface area contributed by atoms with Gasteiger partial charge in [-0.25, -0.2) is 4.79 Å². The van der Waals surface area contributed by atoms with Gasteiger partial charge in [-0.2, -0.15) is 0 Å². The highest BCUT2D eigenvalue weighted by Gasteiger charge is 2.34. The maximum Gasteiger partial charge on any atom is 0.333 e. The van der Waals surface area contributed by atoms with E-state index in [9.17, 15) is 29.4 Å². The van der Waals surface area contributed by atoms with Gasteiger partial charge < -0.3 is 30.1 Å². The number of hydrogen-bond donors (Lipinski definition) is 4. The number of ether oxygens (including phenoxy) is 2. The predicted octanol–water partition coefficient (Wildman–Crippen LogP) is 0.262. The van der Waals surface area contributed by atoms with Crippen molar-refractivity contribution in [3.63, 3.8) is 0 Å².